The van der Waals surface area contributed by atoms with Gasteiger partial charge in [0.25, 0.3) is 5.91 Å². The Morgan fingerprint density at radius 1 is 1.39 bits per heavy atom. The van der Waals surface area contributed by atoms with Crippen LogP contribution in [0.15, 0.2) is 18.2 Å². The average Bonchev–Trinajstić information content (AvgIpc) is 2.35. The van der Waals surface area contributed by atoms with Crippen molar-refractivity contribution in [1.82, 2.24) is 5.32 Å². The molecule has 1 aliphatic rings. The summed E-state index contributed by atoms with van der Waals surface area (Å²) < 4.78 is 13.5. The first-order valence-corrected chi connectivity index (χ1v) is 6.12. The summed E-state index contributed by atoms with van der Waals surface area (Å²) in [5.41, 5.74) is 5.79. The Bertz CT molecular complexity index is 451. The molecule has 0 unspecified atom stereocenters. The minimum absolute atomic E-state index is 0.0761. The fourth-order valence-corrected chi connectivity index (χ4v) is 2.24. The molecule has 4 N–H and O–H groups in total. The van der Waals surface area contributed by atoms with E-state index in [0.717, 1.165) is 19.3 Å². The fraction of sp³-hybridized carbons (Fsp3) is 0.462. The van der Waals surface area contributed by atoms with Crippen molar-refractivity contribution >= 4 is 11.6 Å². The number of hydrogen-bond donors (Lipinski definition) is 3. The molecule has 0 spiro atoms. The molecular formula is C13H17FN2O2. The Kier molecular flexibility index (Phi) is 3.81. The van der Waals surface area contributed by atoms with Crippen LogP contribution >= 0.6 is 0 Å². The molecule has 0 bridgehead atoms. The van der Waals surface area contributed by atoms with E-state index in [1.54, 1.807) is 0 Å². The Balaban J connectivity index is 2.09. The van der Waals surface area contributed by atoms with Gasteiger partial charge in [-0.1, -0.05) is 12.8 Å². The molecule has 2 atom stereocenters. The van der Waals surface area contributed by atoms with Crippen LogP contribution in [0, 0.1) is 5.82 Å². The standard InChI is InChI=1S/C13H17FN2O2/c14-10-6-5-8(15)7-9(10)13(18)16-11-3-1-2-4-12(11)17/h5-7,11-12,17H,1-4,15H2,(H,16,18)/t11-,12-/m0/s1. The molecule has 0 saturated heterocycles. The van der Waals surface area contributed by atoms with Crippen LogP contribution in [0.2, 0.25) is 0 Å². The third-order valence-corrected chi connectivity index (χ3v) is 3.28. The van der Waals surface area contributed by atoms with Crippen LogP contribution in [0.4, 0.5) is 10.1 Å². The van der Waals surface area contributed by atoms with Gasteiger partial charge in [0, 0.05) is 5.69 Å². The van der Waals surface area contributed by atoms with E-state index in [0.29, 0.717) is 12.1 Å². The van der Waals surface area contributed by atoms with E-state index < -0.39 is 17.8 Å². The van der Waals surface area contributed by atoms with Crippen molar-refractivity contribution in [3.63, 3.8) is 0 Å². The summed E-state index contributed by atoms with van der Waals surface area (Å²) in [5, 5.41) is 12.4. The highest BCUT2D eigenvalue weighted by Gasteiger charge is 2.25. The molecule has 2 rings (SSSR count). The predicted octanol–water partition coefficient (Wildman–Crippen LogP) is 1.44. The molecule has 98 valence electrons. The first-order valence-electron chi connectivity index (χ1n) is 6.12. The number of hydrogen-bond acceptors (Lipinski definition) is 3. The number of carbonyl (C=O) groups is 1. The Hall–Kier alpha value is -1.62. The SMILES string of the molecule is Nc1ccc(F)c(C(=O)N[C@H]2CCCC[C@@H]2O)c1. The highest BCUT2D eigenvalue weighted by molar-refractivity contribution is 5.95. The number of nitrogens with one attached hydrogen (secondary N) is 1. The van der Waals surface area contributed by atoms with Gasteiger partial charge in [-0.3, -0.25) is 4.79 Å². The summed E-state index contributed by atoms with van der Waals surface area (Å²) in [5.74, 6) is -1.13. The van der Waals surface area contributed by atoms with Crippen LogP contribution in [-0.2, 0) is 0 Å². The zero-order valence-corrected chi connectivity index (χ0v) is 10.0. The minimum atomic E-state index is -0.605. The van der Waals surface area contributed by atoms with Crippen molar-refractivity contribution in [1.29, 1.82) is 0 Å². The molecule has 1 aromatic carbocycles. The predicted molar refractivity (Wildman–Crippen MR) is 66.5 cm³/mol. The Morgan fingerprint density at radius 2 is 2.11 bits per heavy atom. The van der Waals surface area contributed by atoms with Crippen molar-refractivity contribution in [2.75, 3.05) is 5.73 Å². The maximum Gasteiger partial charge on any atom is 0.254 e. The van der Waals surface area contributed by atoms with Gasteiger partial charge >= 0.3 is 0 Å². The van der Waals surface area contributed by atoms with E-state index in [9.17, 15) is 14.3 Å². The second-order valence-electron chi connectivity index (χ2n) is 4.67. The lowest BCUT2D eigenvalue weighted by Gasteiger charge is -2.28. The van der Waals surface area contributed by atoms with Gasteiger partial charge in [0.05, 0.1) is 17.7 Å². The molecule has 1 aromatic rings. The van der Waals surface area contributed by atoms with Crippen LogP contribution in [-0.4, -0.2) is 23.2 Å². The third-order valence-electron chi connectivity index (χ3n) is 3.28. The number of nitrogens with two attached hydrogens (primary N) is 1. The number of rotatable bonds is 2. The number of nitrogen functional groups attached to an aromatic ring is 1. The van der Waals surface area contributed by atoms with Crippen LogP contribution in [0.1, 0.15) is 36.0 Å². The molecule has 1 saturated carbocycles. The van der Waals surface area contributed by atoms with Crippen molar-refractivity contribution in [2.45, 2.75) is 37.8 Å². The van der Waals surface area contributed by atoms with E-state index in [2.05, 4.69) is 5.32 Å². The molecule has 1 amide bonds. The van der Waals surface area contributed by atoms with E-state index in [-0.39, 0.29) is 11.6 Å². The maximum atomic E-state index is 13.5. The van der Waals surface area contributed by atoms with Gasteiger partial charge in [-0.05, 0) is 31.0 Å². The molecule has 5 heteroatoms. The number of aliphatic hydroxyl groups excluding tert-OH is 1. The van der Waals surface area contributed by atoms with Crippen LogP contribution in [0.3, 0.4) is 0 Å². The van der Waals surface area contributed by atoms with Gasteiger partial charge in [-0.2, -0.15) is 0 Å². The van der Waals surface area contributed by atoms with Gasteiger partial charge in [0.1, 0.15) is 5.82 Å². The maximum absolute atomic E-state index is 13.5. The summed E-state index contributed by atoms with van der Waals surface area (Å²) in [6.45, 7) is 0. The molecule has 4 nitrogen and oxygen atoms in total. The van der Waals surface area contributed by atoms with Gasteiger partial charge < -0.3 is 16.2 Å². The summed E-state index contributed by atoms with van der Waals surface area (Å²) in [6.07, 6.45) is 2.76. The van der Waals surface area contributed by atoms with Gasteiger partial charge in [0.2, 0.25) is 0 Å². The van der Waals surface area contributed by atoms with E-state index >= 15 is 0 Å². The number of amides is 1. The molecule has 18 heavy (non-hydrogen) atoms. The van der Waals surface area contributed by atoms with E-state index in [4.69, 9.17) is 5.73 Å². The highest BCUT2D eigenvalue weighted by Crippen LogP contribution is 2.19. The van der Waals surface area contributed by atoms with E-state index in [1.807, 2.05) is 0 Å². The number of carbonyl (C=O) groups excluding carboxylic acids is 1. The number of anilines is 1. The number of halogens is 1. The average molecular weight is 252 g/mol. The zero-order chi connectivity index (χ0) is 13.1. The third kappa shape index (κ3) is 2.79. The molecule has 0 radical (unpaired) electrons. The second kappa shape index (κ2) is 5.35. The molecule has 1 fully saturated rings. The zero-order valence-electron chi connectivity index (χ0n) is 10.0. The quantitative estimate of drug-likeness (QED) is 0.697. The van der Waals surface area contributed by atoms with Crippen molar-refractivity contribution in [2.24, 2.45) is 0 Å². The summed E-state index contributed by atoms with van der Waals surface area (Å²) in [6, 6.07) is 3.58. The van der Waals surface area contributed by atoms with Crippen molar-refractivity contribution in [3.8, 4) is 0 Å². The van der Waals surface area contributed by atoms with Crippen LogP contribution in [0.5, 0.6) is 0 Å². The van der Waals surface area contributed by atoms with Crippen molar-refractivity contribution in [3.05, 3.63) is 29.6 Å². The first-order chi connectivity index (χ1) is 8.58. The Morgan fingerprint density at radius 3 is 2.83 bits per heavy atom. The number of benzene rings is 1. The smallest absolute Gasteiger partial charge is 0.254 e. The lowest BCUT2D eigenvalue weighted by Crippen LogP contribution is -2.45. The van der Waals surface area contributed by atoms with Gasteiger partial charge in [-0.25, -0.2) is 4.39 Å². The summed E-state index contributed by atoms with van der Waals surface area (Å²) >= 11 is 0. The van der Waals surface area contributed by atoms with Crippen molar-refractivity contribution < 1.29 is 14.3 Å². The van der Waals surface area contributed by atoms with Crippen LogP contribution in [0.25, 0.3) is 0 Å². The van der Waals surface area contributed by atoms with Crippen LogP contribution < -0.4 is 11.1 Å². The highest BCUT2D eigenvalue weighted by atomic mass is 19.1. The fourth-order valence-electron chi connectivity index (χ4n) is 2.24. The molecular weight excluding hydrogens is 235 g/mol. The molecule has 0 aliphatic heterocycles. The molecule has 1 aliphatic carbocycles. The lowest BCUT2D eigenvalue weighted by molar-refractivity contribution is 0.0714. The Labute approximate surface area is 105 Å². The van der Waals surface area contributed by atoms with E-state index in [1.165, 1.54) is 18.2 Å². The largest absolute Gasteiger partial charge is 0.399 e. The molecule has 0 heterocycles. The monoisotopic (exact) mass is 252 g/mol. The summed E-state index contributed by atoms with van der Waals surface area (Å²) in [7, 11) is 0. The van der Waals surface area contributed by atoms with Gasteiger partial charge in [-0.15, -0.1) is 0 Å². The number of aliphatic hydroxyl groups is 1. The minimum Gasteiger partial charge on any atom is -0.399 e. The summed E-state index contributed by atoms with van der Waals surface area (Å²) in [4.78, 5) is 11.9. The second-order valence-corrected chi connectivity index (χ2v) is 4.67. The normalized spacial score (nSPS) is 23.7. The topological polar surface area (TPSA) is 75.4 Å². The lowest BCUT2D eigenvalue weighted by atomic mass is 9.92. The molecule has 0 aromatic heterocycles. The first kappa shape index (κ1) is 12.8. The van der Waals surface area contributed by atoms with Gasteiger partial charge in [0.15, 0.2) is 0 Å².